The van der Waals surface area contributed by atoms with Crippen molar-refractivity contribution in [2.75, 3.05) is 28.6 Å². The monoisotopic (exact) mass is 849 g/mol. The topological polar surface area (TPSA) is 193 Å². The lowest BCUT2D eigenvalue weighted by Gasteiger charge is -2.19. The van der Waals surface area contributed by atoms with Crippen molar-refractivity contribution in [3.05, 3.63) is 175 Å². The van der Waals surface area contributed by atoms with E-state index in [2.05, 4.69) is 31.7 Å². The molecule has 300 valence electrons. The number of hydrogen-bond acceptors (Lipinski definition) is 11. The molecule has 0 saturated carbocycles. The van der Waals surface area contributed by atoms with Crippen LogP contribution < -0.4 is 26.2 Å². The second-order valence-electron chi connectivity index (χ2n) is 13.5. The number of anilines is 4. The summed E-state index contributed by atoms with van der Waals surface area (Å²) in [4.78, 5) is 66.5. The van der Waals surface area contributed by atoms with Gasteiger partial charge in [-0.1, -0.05) is 102 Å². The lowest BCUT2D eigenvalue weighted by atomic mass is 9.89. The zero-order valence-corrected chi connectivity index (χ0v) is 33.2. The van der Waals surface area contributed by atoms with E-state index in [0.717, 1.165) is 0 Å². The number of ether oxygens (including phenoxy) is 1. The summed E-state index contributed by atoms with van der Waals surface area (Å²) in [6.45, 7) is 0. The van der Waals surface area contributed by atoms with Gasteiger partial charge in [0.25, 0.3) is 17.5 Å². The average molecular weight is 851 g/mol. The third-order valence-corrected chi connectivity index (χ3v) is 10.6. The Morgan fingerprint density at radius 2 is 1.11 bits per heavy atom. The first-order valence-electron chi connectivity index (χ1n) is 18.3. The molecule has 2 aliphatic rings. The molecule has 16 heteroatoms. The van der Waals surface area contributed by atoms with Crippen molar-refractivity contribution in [2.45, 2.75) is 0 Å². The van der Waals surface area contributed by atoms with Crippen LogP contribution >= 0.6 is 23.2 Å². The van der Waals surface area contributed by atoms with Gasteiger partial charge in [-0.2, -0.15) is 10.2 Å². The first-order valence-corrected chi connectivity index (χ1v) is 19.1. The highest BCUT2D eigenvalue weighted by Gasteiger charge is 2.32. The van der Waals surface area contributed by atoms with E-state index in [1.54, 1.807) is 103 Å². The Morgan fingerprint density at radius 3 is 1.64 bits per heavy atom. The van der Waals surface area contributed by atoms with Crippen LogP contribution in [0.25, 0.3) is 22.9 Å². The molecule has 6 aromatic carbocycles. The van der Waals surface area contributed by atoms with E-state index in [4.69, 9.17) is 27.9 Å². The highest BCUT2D eigenvalue weighted by atomic mass is 35.5. The van der Waals surface area contributed by atoms with Crippen molar-refractivity contribution in [1.29, 1.82) is 0 Å². The Bertz CT molecular complexity index is 3010. The number of methoxy groups -OCH3 is 1. The van der Waals surface area contributed by atoms with E-state index in [0.29, 0.717) is 55.1 Å². The van der Waals surface area contributed by atoms with Crippen LogP contribution in [0, 0.1) is 10.1 Å². The largest absolute Gasteiger partial charge is 0.494 e. The summed E-state index contributed by atoms with van der Waals surface area (Å²) in [6.07, 6.45) is 2.97. The number of hydrazone groups is 2. The number of nitro benzene ring substituents is 1. The molecule has 0 heterocycles. The first-order chi connectivity index (χ1) is 29.5. The molecule has 2 amide bonds. The maximum Gasteiger partial charge on any atom is 0.273 e. The van der Waals surface area contributed by atoms with Crippen LogP contribution in [-0.4, -0.2) is 46.8 Å². The Morgan fingerprint density at radius 1 is 0.623 bits per heavy atom. The first kappa shape index (κ1) is 39.9. The fourth-order valence-corrected chi connectivity index (χ4v) is 7.14. The molecule has 0 radical (unpaired) electrons. The molecule has 0 spiro atoms. The summed E-state index contributed by atoms with van der Waals surface area (Å²) in [5.74, 6) is -2.61. The number of benzene rings is 6. The van der Waals surface area contributed by atoms with Crippen LogP contribution in [0.2, 0.25) is 10.0 Å². The number of carbonyl (C=O) groups is 4. The van der Waals surface area contributed by atoms with Crippen LogP contribution in [0.3, 0.4) is 0 Å². The van der Waals surface area contributed by atoms with Crippen molar-refractivity contribution in [3.8, 4) is 5.75 Å². The number of carbonyl (C=O) groups excluding carboxylic acids is 4. The lowest BCUT2D eigenvalue weighted by molar-refractivity contribution is -0.384. The van der Waals surface area contributed by atoms with Crippen molar-refractivity contribution in [1.82, 2.24) is 0 Å². The Kier molecular flexibility index (Phi) is 10.9. The molecular formula is C45H29Cl2N7O7. The van der Waals surface area contributed by atoms with Gasteiger partial charge in [-0.25, -0.2) is 0 Å². The van der Waals surface area contributed by atoms with Crippen molar-refractivity contribution in [3.63, 3.8) is 0 Å². The van der Waals surface area contributed by atoms with Gasteiger partial charge in [0.1, 0.15) is 11.4 Å². The van der Waals surface area contributed by atoms with Crippen LogP contribution in [0.15, 0.2) is 143 Å². The third-order valence-electron chi connectivity index (χ3n) is 9.78. The molecule has 6 aromatic rings. The summed E-state index contributed by atoms with van der Waals surface area (Å²) >= 11 is 12.5. The standard InChI is InChI=1S/C45H29Cl2N7O7/c1-61-38-23-26(54(59)60)19-20-36(38)50-52-40-27-11-4-2-9-24(27)21-31(42(40)55)44(57)48-34-16-6-14-30-29(34)13-7-17-35(30)49-45(58)32-22-25-10-3-5-12-28(25)41(43(32)56)53-51-37-18-8-15-33(46)39(37)47/h2-23,50-51H,1H3,(H,48,57)(H,49,58)/b52-40+,53-41-. The Labute approximate surface area is 356 Å². The zero-order chi connectivity index (χ0) is 42.8. The fraction of sp³-hybridized carbons (Fsp3) is 0.0222. The molecule has 0 fully saturated rings. The minimum atomic E-state index is -0.724. The smallest absolute Gasteiger partial charge is 0.273 e. The zero-order valence-electron chi connectivity index (χ0n) is 31.7. The number of nitrogens with zero attached hydrogens (tertiary/aromatic N) is 3. The molecule has 0 atom stereocenters. The van der Waals surface area contributed by atoms with Gasteiger partial charge in [0, 0.05) is 39.3 Å². The maximum absolute atomic E-state index is 14.0. The number of amides is 2. The summed E-state index contributed by atoms with van der Waals surface area (Å²) in [6, 6.07) is 32.9. The molecule has 0 aliphatic heterocycles. The van der Waals surface area contributed by atoms with E-state index >= 15 is 0 Å². The molecular weight excluding hydrogens is 821 g/mol. The van der Waals surface area contributed by atoms with Crippen molar-refractivity contribution >= 4 is 109 Å². The van der Waals surface area contributed by atoms with Gasteiger partial charge >= 0.3 is 0 Å². The number of fused-ring (bicyclic) bond motifs is 3. The summed E-state index contributed by atoms with van der Waals surface area (Å²) in [5, 5.41) is 27.2. The summed E-state index contributed by atoms with van der Waals surface area (Å²) in [5.41, 5.74) is 8.33. The second kappa shape index (κ2) is 16.7. The van der Waals surface area contributed by atoms with Crippen molar-refractivity contribution < 1.29 is 28.8 Å². The van der Waals surface area contributed by atoms with Crippen LogP contribution in [0.5, 0.6) is 5.75 Å². The number of hydrogen-bond donors (Lipinski definition) is 4. The van der Waals surface area contributed by atoms with Gasteiger partial charge in [0.2, 0.25) is 11.6 Å². The maximum atomic E-state index is 14.0. The number of non-ortho nitro benzene ring substituents is 1. The molecule has 0 bridgehead atoms. The number of nitro groups is 1. The van der Waals surface area contributed by atoms with Gasteiger partial charge < -0.3 is 15.4 Å². The Hall–Kier alpha value is -7.94. The van der Waals surface area contributed by atoms with Crippen molar-refractivity contribution in [2.24, 2.45) is 10.2 Å². The molecule has 61 heavy (non-hydrogen) atoms. The highest BCUT2D eigenvalue weighted by Crippen LogP contribution is 2.34. The van der Waals surface area contributed by atoms with E-state index in [9.17, 15) is 29.3 Å². The quantitative estimate of drug-likeness (QED) is 0.0592. The molecule has 0 unspecified atom stereocenters. The lowest BCUT2D eigenvalue weighted by Crippen LogP contribution is -2.30. The second-order valence-corrected chi connectivity index (χ2v) is 14.2. The van der Waals surface area contributed by atoms with E-state index in [-0.39, 0.29) is 44.7 Å². The normalized spacial score (nSPS) is 14.4. The molecule has 2 aliphatic carbocycles. The average Bonchev–Trinajstić information content (AvgIpc) is 3.26. The van der Waals surface area contributed by atoms with Gasteiger partial charge in [-0.3, -0.25) is 40.1 Å². The molecule has 4 N–H and O–H groups in total. The number of halogens is 2. The van der Waals surface area contributed by atoms with Gasteiger partial charge in [-0.15, -0.1) is 0 Å². The minimum Gasteiger partial charge on any atom is -0.494 e. The molecule has 8 rings (SSSR count). The number of nitrogens with one attached hydrogen (secondary N) is 4. The van der Waals surface area contributed by atoms with E-state index in [1.807, 2.05) is 0 Å². The number of rotatable bonds is 10. The summed E-state index contributed by atoms with van der Waals surface area (Å²) in [7, 11) is 1.34. The van der Waals surface area contributed by atoms with Crippen LogP contribution in [-0.2, 0) is 19.2 Å². The van der Waals surface area contributed by atoms with Crippen LogP contribution in [0.1, 0.15) is 22.3 Å². The molecule has 0 saturated heterocycles. The predicted molar refractivity (Wildman–Crippen MR) is 236 cm³/mol. The fourth-order valence-electron chi connectivity index (χ4n) is 6.79. The molecule has 0 aromatic heterocycles. The SMILES string of the molecule is COc1cc([N+](=O)[O-])ccc1N/N=C1/C(=O)C(C(=O)Nc2cccc3c(NC(=O)C4=Cc5ccccc5/C(=N/Nc5cccc(Cl)c5Cl)C4=O)cccc23)=Cc2ccccc21. The highest BCUT2D eigenvalue weighted by molar-refractivity contribution is 6.60. The van der Waals surface area contributed by atoms with Crippen LogP contribution in [0.4, 0.5) is 28.4 Å². The van der Waals surface area contributed by atoms with Gasteiger partial charge in [0.15, 0.2) is 5.75 Å². The van der Waals surface area contributed by atoms with E-state index in [1.165, 1.54) is 37.5 Å². The summed E-state index contributed by atoms with van der Waals surface area (Å²) < 4.78 is 5.29. The molecule has 14 nitrogen and oxygen atoms in total. The number of ketones is 2. The van der Waals surface area contributed by atoms with Gasteiger partial charge in [0.05, 0.1) is 50.7 Å². The van der Waals surface area contributed by atoms with Gasteiger partial charge in [-0.05, 0) is 53.6 Å². The number of Topliss-reactive ketones (excluding diaryl/α,β-unsaturated/α-hetero) is 2. The Balaban J connectivity index is 1.05. The third kappa shape index (κ3) is 7.83. The predicted octanol–water partition coefficient (Wildman–Crippen LogP) is 8.91. The van der Waals surface area contributed by atoms with E-state index < -0.39 is 28.3 Å². The minimum absolute atomic E-state index is 0.00791.